The van der Waals surface area contributed by atoms with E-state index >= 15 is 0 Å². The normalized spacial score (nSPS) is 16.6. The highest BCUT2D eigenvalue weighted by Crippen LogP contribution is 2.43. The summed E-state index contributed by atoms with van der Waals surface area (Å²) in [5.74, 6) is 2.48. The van der Waals surface area contributed by atoms with Gasteiger partial charge in [-0.25, -0.2) is 0 Å². The number of halogens is 1. The van der Waals surface area contributed by atoms with Gasteiger partial charge in [0.25, 0.3) is 11.8 Å². The van der Waals surface area contributed by atoms with Crippen molar-refractivity contribution in [3.8, 4) is 28.7 Å². The number of carbonyl (C=O) groups is 2. The van der Waals surface area contributed by atoms with Crippen molar-refractivity contribution >= 4 is 59.1 Å². The summed E-state index contributed by atoms with van der Waals surface area (Å²) >= 11 is 0.260. The number of ether oxygens (including phenoxy) is 9. The second kappa shape index (κ2) is 21.8. The van der Waals surface area contributed by atoms with E-state index in [1.165, 1.54) is 7.11 Å². The minimum atomic E-state index is -0.269. The van der Waals surface area contributed by atoms with E-state index in [2.05, 4.69) is 0 Å². The quantitative estimate of drug-likeness (QED) is 0.0656. The molecule has 0 radical (unpaired) electrons. The molecule has 4 aromatic carbocycles. The summed E-state index contributed by atoms with van der Waals surface area (Å²) in [6, 6.07) is 20.1. The van der Waals surface area contributed by atoms with Gasteiger partial charge in [-0.05, 0) is 47.5 Å². The first-order valence-corrected chi connectivity index (χ1v) is 22.2. The number of benzene rings is 4. The van der Waals surface area contributed by atoms with Gasteiger partial charge in [-0.1, -0.05) is 18.2 Å². The number of fused-ring (bicyclic) bond motifs is 8. The molecular formula is C47H51FN4O11S. The molecule has 0 aromatic heterocycles. The smallest absolute Gasteiger partial charge is 0.261 e. The first-order chi connectivity index (χ1) is 31.5. The number of carbonyl (C=O) groups excluding carboxylic acids is 2. The Morgan fingerprint density at radius 2 is 1.09 bits per heavy atom. The van der Waals surface area contributed by atoms with Gasteiger partial charge in [0.15, 0.2) is 23.0 Å². The summed E-state index contributed by atoms with van der Waals surface area (Å²) < 4.78 is 63.3. The van der Waals surface area contributed by atoms with Crippen LogP contribution in [-0.2, 0) is 31.8 Å². The first-order valence-electron chi connectivity index (χ1n) is 21.3. The summed E-state index contributed by atoms with van der Waals surface area (Å²) in [6.07, 6.45) is 5.44. The molecule has 8 rings (SSSR count). The standard InChI is InChI=1S/C47H51FN4O11S/c1-55-42-25-36-38(49-29-33-22-31-6-3-4-7-40(31)51(33)46(36)53)27-44(42)62-10-5-11-63-45-28-39-37(26-43(45)56-2)47(54)52-34(30-50-39)23-32-24-35(8-9-41(32)52)61-19-18-59-15-14-57-12-13-58-16-17-60-20-21-64-48/h3-4,6-9,24-30,33-34H,5,10-23H2,1-2H3/t33-,34-/m0/s1. The van der Waals surface area contributed by atoms with Gasteiger partial charge in [-0.2, -0.15) is 3.89 Å². The Balaban J connectivity index is 0.793. The number of rotatable bonds is 24. The number of hydrogen-bond acceptors (Lipinski definition) is 14. The highest BCUT2D eigenvalue weighted by Gasteiger charge is 2.38. The van der Waals surface area contributed by atoms with Crippen molar-refractivity contribution in [2.75, 3.05) is 102 Å². The van der Waals surface area contributed by atoms with E-state index in [9.17, 15) is 13.5 Å². The molecule has 0 N–H and O–H groups in total. The van der Waals surface area contributed by atoms with Crippen LogP contribution < -0.4 is 33.5 Å². The van der Waals surface area contributed by atoms with E-state index in [4.69, 9.17) is 52.6 Å². The van der Waals surface area contributed by atoms with Crippen molar-refractivity contribution in [1.29, 1.82) is 0 Å². The van der Waals surface area contributed by atoms with Crippen molar-refractivity contribution < 1.29 is 56.1 Å². The molecule has 4 aliphatic heterocycles. The molecule has 0 aliphatic carbocycles. The van der Waals surface area contributed by atoms with Gasteiger partial charge in [-0.15, -0.1) is 0 Å². The predicted molar refractivity (Wildman–Crippen MR) is 242 cm³/mol. The summed E-state index contributed by atoms with van der Waals surface area (Å²) in [5, 5.41) is 0. The molecule has 4 heterocycles. The Hall–Kier alpha value is -5.72. The molecule has 0 saturated heterocycles. The van der Waals surface area contributed by atoms with Crippen LogP contribution >= 0.6 is 12.1 Å². The van der Waals surface area contributed by atoms with E-state index in [0.717, 1.165) is 22.5 Å². The lowest BCUT2D eigenvalue weighted by atomic mass is 10.1. The zero-order valence-electron chi connectivity index (χ0n) is 35.8. The third-order valence-electron chi connectivity index (χ3n) is 11.0. The number of anilines is 2. The minimum Gasteiger partial charge on any atom is -0.493 e. The molecule has 0 fully saturated rings. The van der Waals surface area contributed by atoms with Crippen molar-refractivity contribution in [2.45, 2.75) is 31.3 Å². The maximum absolute atomic E-state index is 14.1. The van der Waals surface area contributed by atoms with Crippen molar-refractivity contribution in [3.63, 3.8) is 0 Å². The number of amides is 2. The van der Waals surface area contributed by atoms with Gasteiger partial charge in [0.2, 0.25) is 0 Å². The molecule has 0 bridgehead atoms. The van der Waals surface area contributed by atoms with Crippen LogP contribution in [-0.4, -0.2) is 129 Å². The SMILES string of the molecule is COc1cc2c(cc1OCCCOc1cc3c(cc1OC)C(=O)N1c4ccc(OCCOCCOCCOCCOCCSF)cc4C[C@H]1C=N3)N=C[C@@H]1Cc3ccccc3N1C2=O. The van der Waals surface area contributed by atoms with Gasteiger partial charge in [0, 0.05) is 73.1 Å². The molecule has 338 valence electrons. The summed E-state index contributed by atoms with van der Waals surface area (Å²) in [6.45, 7) is 4.33. The third kappa shape index (κ3) is 10.3. The van der Waals surface area contributed by atoms with Crippen LogP contribution in [0.25, 0.3) is 0 Å². The minimum absolute atomic E-state index is 0.130. The fraction of sp³-hybridized carbons (Fsp3) is 0.404. The van der Waals surface area contributed by atoms with Crippen molar-refractivity contribution in [1.82, 2.24) is 0 Å². The fourth-order valence-electron chi connectivity index (χ4n) is 8.00. The number of aliphatic imine (C=N–C) groups is 2. The van der Waals surface area contributed by atoms with E-state index in [1.807, 2.05) is 48.7 Å². The fourth-order valence-corrected chi connectivity index (χ4v) is 8.18. The summed E-state index contributed by atoms with van der Waals surface area (Å²) in [5.41, 5.74) is 5.68. The maximum atomic E-state index is 14.1. The van der Waals surface area contributed by atoms with Crippen LogP contribution in [0.5, 0.6) is 28.7 Å². The van der Waals surface area contributed by atoms with Gasteiger partial charge < -0.3 is 42.6 Å². The molecular weight excluding hydrogens is 848 g/mol. The lowest BCUT2D eigenvalue weighted by molar-refractivity contribution is -0.00322. The average molecular weight is 899 g/mol. The second-order valence-electron chi connectivity index (χ2n) is 15.1. The lowest BCUT2D eigenvalue weighted by Gasteiger charge is -2.22. The van der Waals surface area contributed by atoms with Gasteiger partial charge in [-0.3, -0.25) is 29.4 Å². The molecule has 2 atom stereocenters. The Bertz CT molecular complexity index is 2350. The molecule has 15 nitrogen and oxygen atoms in total. The molecule has 0 saturated carbocycles. The van der Waals surface area contributed by atoms with Crippen LogP contribution in [0.3, 0.4) is 0 Å². The highest BCUT2D eigenvalue weighted by molar-refractivity contribution is 7.94. The number of methoxy groups -OCH3 is 2. The van der Waals surface area contributed by atoms with Gasteiger partial charge in [0.1, 0.15) is 12.4 Å². The molecule has 4 aliphatic rings. The van der Waals surface area contributed by atoms with E-state index < -0.39 is 0 Å². The number of nitrogens with zero attached hydrogens (tertiary/aromatic N) is 4. The van der Waals surface area contributed by atoms with E-state index in [0.29, 0.717) is 142 Å². The Kier molecular flexibility index (Phi) is 15.3. The monoisotopic (exact) mass is 898 g/mol. The zero-order valence-corrected chi connectivity index (χ0v) is 36.6. The van der Waals surface area contributed by atoms with E-state index in [1.54, 1.807) is 47.4 Å². The van der Waals surface area contributed by atoms with Crippen LogP contribution in [0.15, 0.2) is 76.7 Å². The van der Waals surface area contributed by atoms with Gasteiger partial charge >= 0.3 is 0 Å². The van der Waals surface area contributed by atoms with Gasteiger partial charge in [0.05, 0.1) is 115 Å². The molecule has 17 heteroatoms. The van der Waals surface area contributed by atoms with Crippen molar-refractivity contribution in [2.24, 2.45) is 9.98 Å². The first kappa shape index (κ1) is 44.9. The van der Waals surface area contributed by atoms with E-state index in [-0.39, 0.29) is 42.7 Å². The van der Waals surface area contributed by atoms with Crippen LogP contribution in [0.1, 0.15) is 38.3 Å². The molecule has 4 aromatic rings. The molecule has 2 amide bonds. The third-order valence-corrected chi connectivity index (χ3v) is 11.4. The molecule has 0 spiro atoms. The summed E-state index contributed by atoms with van der Waals surface area (Å²) in [7, 11) is 3.08. The van der Waals surface area contributed by atoms with Crippen LogP contribution in [0, 0.1) is 0 Å². The Morgan fingerprint density at radius 3 is 1.66 bits per heavy atom. The zero-order chi connectivity index (χ0) is 44.3. The maximum Gasteiger partial charge on any atom is 0.261 e. The topological polar surface area (TPSA) is 148 Å². The molecule has 0 unspecified atom stereocenters. The largest absolute Gasteiger partial charge is 0.493 e. The highest BCUT2D eigenvalue weighted by atomic mass is 32.2. The number of para-hydroxylation sites is 1. The summed E-state index contributed by atoms with van der Waals surface area (Å²) in [4.78, 5) is 40.9. The number of hydrogen-bond donors (Lipinski definition) is 0. The average Bonchev–Trinajstić information content (AvgIpc) is 3.80. The predicted octanol–water partition coefficient (Wildman–Crippen LogP) is 7.19. The Morgan fingerprint density at radius 1 is 0.578 bits per heavy atom. The van der Waals surface area contributed by atoms with Crippen molar-refractivity contribution in [3.05, 3.63) is 89.0 Å². The second-order valence-corrected chi connectivity index (χ2v) is 15.7. The lowest BCUT2D eigenvalue weighted by Crippen LogP contribution is -2.37. The Labute approximate surface area is 375 Å². The van der Waals surface area contributed by atoms with Crippen LogP contribution in [0.2, 0.25) is 0 Å². The molecule has 64 heavy (non-hydrogen) atoms. The van der Waals surface area contributed by atoms with Crippen LogP contribution in [0.4, 0.5) is 26.6 Å².